The number of hydrogen-bond donors (Lipinski definition) is 3. The third-order valence-electron chi connectivity index (χ3n) is 4.09. The fraction of sp³-hybridized carbons (Fsp3) is 0.190. The van der Waals surface area contributed by atoms with Crippen LogP contribution in [0.1, 0.15) is 35.9 Å². The van der Waals surface area contributed by atoms with Gasteiger partial charge in [0, 0.05) is 32.4 Å². The second-order valence-electron chi connectivity index (χ2n) is 6.34. The summed E-state index contributed by atoms with van der Waals surface area (Å²) in [6, 6.07) is 11.2. The highest BCUT2D eigenvalue weighted by Gasteiger charge is 2.25. The summed E-state index contributed by atoms with van der Waals surface area (Å²) in [6.45, 7) is 3.12. The van der Waals surface area contributed by atoms with Crippen LogP contribution in [0.4, 0.5) is 10.5 Å². The Morgan fingerprint density at radius 3 is 2.38 bits per heavy atom. The largest absolute Gasteiger partial charge is 0.508 e. The minimum atomic E-state index is -1.13. The van der Waals surface area contributed by atoms with Crippen LogP contribution in [0.3, 0.4) is 0 Å². The molecule has 0 saturated carbocycles. The van der Waals surface area contributed by atoms with Crippen molar-refractivity contribution in [1.29, 1.82) is 0 Å². The molecular formula is C21H20INO6. The number of ether oxygens (including phenoxy) is 1. The number of halogens is 1. The maximum atomic E-state index is 12.4. The third-order valence-corrected chi connectivity index (χ3v) is 4.76. The molecule has 3 N–H and O–H groups in total. The second-order valence-corrected chi connectivity index (χ2v) is 7.59. The Bertz CT molecular complexity index is 939. The van der Waals surface area contributed by atoms with E-state index in [1.165, 1.54) is 19.1 Å². The molecule has 2 aromatic rings. The lowest BCUT2D eigenvalue weighted by Crippen LogP contribution is -2.21. The number of rotatable bonds is 7. The first-order valence-electron chi connectivity index (χ1n) is 8.65. The van der Waals surface area contributed by atoms with Crippen molar-refractivity contribution in [3.05, 3.63) is 69.3 Å². The maximum absolute atomic E-state index is 12.4. The van der Waals surface area contributed by atoms with Gasteiger partial charge in [-0.05, 0) is 72.0 Å². The molecule has 2 aromatic carbocycles. The van der Waals surface area contributed by atoms with E-state index in [9.17, 15) is 19.5 Å². The van der Waals surface area contributed by atoms with Crippen LogP contribution < -0.4 is 5.32 Å². The highest BCUT2D eigenvalue weighted by molar-refractivity contribution is 14.1. The average Bonchev–Trinajstić information content (AvgIpc) is 2.66. The number of carbonyl (C=O) groups excluding carboxylic acids is 2. The molecule has 2 rings (SSSR count). The molecule has 0 bridgehead atoms. The first-order chi connectivity index (χ1) is 13.7. The van der Waals surface area contributed by atoms with Gasteiger partial charge in [0.2, 0.25) is 0 Å². The summed E-state index contributed by atoms with van der Waals surface area (Å²) in [6.07, 6.45) is 0.655. The van der Waals surface area contributed by atoms with Crippen molar-refractivity contribution >= 4 is 46.1 Å². The molecule has 8 heteroatoms. The van der Waals surface area contributed by atoms with Crippen molar-refractivity contribution in [3.63, 3.8) is 0 Å². The number of ketones is 1. The first kappa shape index (κ1) is 22.4. The molecule has 0 heterocycles. The zero-order valence-electron chi connectivity index (χ0n) is 15.8. The van der Waals surface area contributed by atoms with E-state index in [1.54, 1.807) is 43.3 Å². The zero-order chi connectivity index (χ0) is 21.6. The number of nitrogens with one attached hydrogen (secondary N) is 1. The van der Waals surface area contributed by atoms with E-state index in [0.29, 0.717) is 16.8 Å². The van der Waals surface area contributed by atoms with Crippen LogP contribution >= 0.6 is 22.6 Å². The molecule has 0 aliphatic heterocycles. The summed E-state index contributed by atoms with van der Waals surface area (Å²) in [5, 5.41) is 21.7. The lowest BCUT2D eigenvalue weighted by molar-refractivity contribution is -0.131. The van der Waals surface area contributed by atoms with Crippen LogP contribution in [0.2, 0.25) is 0 Å². The Balaban J connectivity index is 2.24. The topological polar surface area (TPSA) is 113 Å². The summed E-state index contributed by atoms with van der Waals surface area (Å²) in [7, 11) is 0. The van der Waals surface area contributed by atoms with Crippen molar-refractivity contribution in [2.24, 2.45) is 5.92 Å². The van der Waals surface area contributed by atoms with E-state index in [2.05, 4.69) is 27.9 Å². The molecule has 0 fully saturated rings. The highest BCUT2D eigenvalue weighted by Crippen LogP contribution is 2.34. The molecule has 0 aliphatic carbocycles. The smallest absolute Gasteiger partial charge is 0.412 e. The number of carboxylic acid groups (broad SMARTS) is 1. The van der Waals surface area contributed by atoms with Gasteiger partial charge in [0.05, 0.1) is 0 Å². The van der Waals surface area contributed by atoms with Gasteiger partial charge in [0.1, 0.15) is 11.9 Å². The van der Waals surface area contributed by atoms with Gasteiger partial charge in [0.25, 0.3) is 0 Å². The predicted octanol–water partition coefficient (Wildman–Crippen LogP) is 4.77. The van der Waals surface area contributed by atoms with Crippen LogP contribution in [-0.4, -0.2) is 28.1 Å². The first-order valence-corrected chi connectivity index (χ1v) is 9.73. The molecule has 0 radical (unpaired) electrons. The molecule has 29 heavy (non-hydrogen) atoms. The van der Waals surface area contributed by atoms with Gasteiger partial charge in [-0.25, -0.2) is 9.59 Å². The Labute approximate surface area is 181 Å². The number of carbonyl (C=O) groups is 3. The number of hydrogen-bond acceptors (Lipinski definition) is 5. The molecule has 152 valence electrons. The number of anilines is 1. The van der Waals surface area contributed by atoms with Gasteiger partial charge in [-0.15, -0.1) is 0 Å². The van der Waals surface area contributed by atoms with Gasteiger partial charge in [-0.3, -0.25) is 10.1 Å². The average molecular weight is 509 g/mol. The lowest BCUT2D eigenvalue weighted by atomic mass is 9.96. The fourth-order valence-electron chi connectivity index (χ4n) is 2.59. The summed E-state index contributed by atoms with van der Waals surface area (Å²) in [5.41, 5.74) is 1.30. The van der Waals surface area contributed by atoms with Crippen molar-refractivity contribution < 1.29 is 29.3 Å². The van der Waals surface area contributed by atoms with E-state index in [-0.39, 0.29) is 11.5 Å². The normalized spacial score (nSPS) is 12.9. The van der Waals surface area contributed by atoms with Gasteiger partial charge in [-0.2, -0.15) is 0 Å². The van der Waals surface area contributed by atoms with Crippen molar-refractivity contribution in [2.75, 3.05) is 5.32 Å². The molecule has 0 spiro atoms. The van der Waals surface area contributed by atoms with E-state index in [4.69, 9.17) is 9.84 Å². The number of amides is 1. The predicted molar refractivity (Wildman–Crippen MR) is 116 cm³/mol. The highest BCUT2D eigenvalue weighted by atomic mass is 127. The van der Waals surface area contributed by atoms with Crippen LogP contribution in [0.5, 0.6) is 5.75 Å². The van der Waals surface area contributed by atoms with Crippen LogP contribution in [0.15, 0.2) is 54.6 Å². The molecule has 0 saturated heterocycles. The third kappa shape index (κ3) is 6.60. The molecule has 7 nitrogen and oxygen atoms in total. The number of carboxylic acids is 1. The molecule has 0 unspecified atom stereocenters. The SMILES string of the molecule is CC(=O)c1ccc(NC(=O)O[C@@H](c2cc(I)ccc2O)[C@@H](C)/C=C/C(=O)O)cc1. The zero-order valence-corrected chi connectivity index (χ0v) is 17.9. The quantitative estimate of drug-likeness (QED) is 0.282. The van der Waals surface area contributed by atoms with Gasteiger partial charge in [-0.1, -0.05) is 13.0 Å². The monoisotopic (exact) mass is 509 g/mol. The number of aromatic hydroxyl groups is 1. The van der Waals surface area contributed by atoms with Crippen molar-refractivity contribution in [3.8, 4) is 5.75 Å². The molecule has 0 aliphatic rings. The standard InChI is InChI=1S/C21H20INO6/c1-12(3-10-19(26)27)20(17-11-15(22)6-9-18(17)25)29-21(28)23-16-7-4-14(5-8-16)13(2)24/h3-12,20,25H,1-2H3,(H,23,28)(H,26,27)/b10-3+/t12-,20+/m0/s1. The summed E-state index contributed by atoms with van der Waals surface area (Å²) < 4.78 is 6.34. The fourth-order valence-corrected chi connectivity index (χ4v) is 3.11. The minimum Gasteiger partial charge on any atom is -0.508 e. The summed E-state index contributed by atoms with van der Waals surface area (Å²) in [4.78, 5) is 34.6. The molecule has 0 aromatic heterocycles. The lowest BCUT2D eigenvalue weighted by Gasteiger charge is -2.23. The van der Waals surface area contributed by atoms with E-state index in [1.807, 2.05) is 0 Å². The molecule has 2 atom stereocenters. The van der Waals surface area contributed by atoms with E-state index >= 15 is 0 Å². The summed E-state index contributed by atoms with van der Waals surface area (Å²) in [5.74, 6) is -1.81. The molecular weight excluding hydrogens is 489 g/mol. The van der Waals surface area contributed by atoms with E-state index in [0.717, 1.165) is 9.65 Å². The van der Waals surface area contributed by atoms with Crippen LogP contribution in [0.25, 0.3) is 0 Å². The number of phenolic OH excluding ortho intramolecular Hbond substituents is 1. The van der Waals surface area contributed by atoms with Gasteiger partial charge >= 0.3 is 12.1 Å². The van der Waals surface area contributed by atoms with E-state index < -0.39 is 24.1 Å². The molecule has 1 amide bonds. The van der Waals surface area contributed by atoms with Gasteiger partial charge in [0.15, 0.2) is 5.78 Å². The number of aliphatic carboxylic acids is 1. The Hall–Kier alpha value is -2.88. The summed E-state index contributed by atoms with van der Waals surface area (Å²) >= 11 is 2.06. The van der Waals surface area contributed by atoms with Crippen LogP contribution in [0, 0.1) is 9.49 Å². The maximum Gasteiger partial charge on any atom is 0.412 e. The Morgan fingerprint density at radius 1 is 1.14 bits per heavy atom. The Kier molecular flexibility index (Phi) is 7.77. The second kappa shape index (κ2) is 10.1. The number of Topliss-reactive ketones (excluding diaryl/α,β-unsaturated/α-hetero) is 1. The van der Waals surface area contributed by atoms with Crippen LogP contribution in [-0.2, 0) is 9.53 Å². The number of benzene rings is 2. The Morgan fingerprint density at radius 2 is 1.79 bits per heavy atom. The minimum absolute atomic E-state index is 0.0652. The van der Waals surface area contributed by atoms with Gasteiger partial charge < -0.3 is 14.9 Å². The van der Waals surface area contributed by atoms with Crippen molar-refractivity contribution in [1.82, 2.24) is 0 Å². The van der Waals surface area contributed by atoms with Crippen molar-refractivity contribution in [2.45, 2.75) is 20.0 Å². The number of phenols is 1.